The highest BCUT2D eigenvalue weighted by Gasteiger charge is 2.20. The Morgan fingerprint density at radius 3 is 2.41 bits per heavy atom. The van der Waals surface area contributed by atoms with E-state index in [-0.39, 0.29) is 6.54 Å². The van der Waals surface area contributed by atoms with E-state index in [0.29, 0.717) is 32.5 Å². The molecule has 0 aliphatic rings. The highest BCUT2D eigenvalue weighted by Crippen LogP contribution is 1.89. The lowest BCUT2D eigenvalue weighted by Gasteiger charge is -2.15. The second-order valence-corrected chi connectivity index (χ2v) is 3.81. The summed E-state index contributed by atoms with van der Waals surface area (Å²) in [5.41, 5.74) is 5.26. The van der Waals surface area contributed by atoms with Crippen LogP contribution in [0.3, 0.4) is 0 Å². The first-order valence-electron chi connectivity index (χ1n) is 5.41. The molecule has 17 heavy (non-hydrogen) atoms. The van der Waals surface area contributed by atoms with Crippen molar-refractivity contribution in [1.82, 2.24) is 15.1 Å². The standard InChI is InChI=1S/C10H20N4O3/c1-13(2)7-5-12-9(16)10(17)14(8-15)6-3-4-11/h8H,3-7,11H2,1-2H3,(H,12,16). The quantitative estimate of drug-likeness (QED) is 0.399. The maximum absolute atomic E-state index is 11.5. The fourth-order valence-electron chi connectivity index (χ4n) is 1.06. The lowest BCUT2D eigenvalue weighted by molar-refractivity contribution is -0.148. The first-order chi connectivity index (χ1) is 8.02. The van der Waals surface area contributed by atoms with E-state index >= 15 is 0 Å². The SMILES string of the molecule is CN(C)CCNC(=O)C(=O)N(C=O)CCCN. The molecule has 98 valence electrons. The van der Waals surface area contributed by atoms with E-state index < -0.39 is 11.8 Å². The number of nitrogens with two attached hydrogens (primary N) is 1. The fourth-order valence-corrected chi connectivity index (χ4v) is 1.06. The summed E-state index contributed by atoms with van der Waals surface area (Å²) >= 11 is 0. The van der Waals surface area contributed by atoms with Gasteiger partial charge in [-0.1, -0.05) is 0 Å². The number of imide groups is 1. The molecule has 0 aromatic rings. The molecule has 0 saturated heterocycles. The first kappa shape index (κ1) is 15.5. The van der Waals surface area contributed by atoms with E-state index in [0.717, 1.165) is 4.90 Å². The summed E-state index contributed by atoms with van der Waals surface area (Å²) in [6, 6.07) is 0. The summed E-state index contributed by atoms with van der Waals surface area (Å²) in [4.78, 5) is 36.2. The predicted octanol–water partition coefficient (Wildman–Crippen LogP) is -2.00. The van der Waals surface area contributed by atoms with Gasteiger partial charge in [0.15, 0.2) is 0 Å². The molecule has 0 atom stereocenters. The minimum absolute atomic E-state index is 0.167. The Morgan fingerprint density at radius 1 is 1.29 bits per heavy atom. The number of carbonyl (C=O) groups excluding carboxylic acids is 3. The van der Waals surface area contributed by atoms with Crippen molar-refractivity contribution in [3.05, 3.63) is 0 Å². The Balaban J connectivity index is 4.08. The summed E-state index contributed by atoms with van der Waals surface area (Å²) in [7, 11) is 3.71. The van der Waals surface area contributed by atoms with Crippen LogP contribution in [0.2, 0.25) is 0 Å². The molecule has 0 saturated carbocycles. The van der Waals surface area contributed by atoms with Gasteiger partial charge in [0.1, 0.15) is 0 Å². The van der Waals surface area contributed by atoms with Crippen LogP contribution < -0.4 is 11.1 Å². The van der Waals surface area contributed by atoms with E-state index in [1.54, 1.807) is 0 Å². The summed E-state index contributed by atoms with van der Waals surface area (Å²) in [5.74, 6) is -1.61. The average molecular weight is 244 g/mol. The minimum atomic E-state index is -0.841. The lowest BCUT2D eigenvalue weighted by Crippen LogP contribution is -2.44. The average Bonchev–Trinajstić information content (AvgIpc) is 2.29. The molecule has 0 aliphatic carbocycles. The molecule has 0 aromatic carbocycles. The topological polar surface area (TPSA) is 95.7 Å². The minimum Gasteiger partial charge on any atom is -0.347 e. The van der Waals surface area contributed by atoms with E-state index in [9.17, 15) is 14.4 Å². The number of hydrogen-bond donors (Lipinski definition) is 2. The fraction of sp³-hybridized carbons (Fsp3) is 0.700. The molecular formula is C10H20N4O3. The maximum atomic E-state index is 11.5. The van der Waals surface area contributed by atoms with Crippen molar-refractivity contribution in [1.29, 1.82) is 0 Å². The van der Waals surface area contributed by atoms with Crippen molar-refractivity contribution in [3.8, 4) is 0 Å². The molecule has 0 spiro atoms. The Bertz CT molecular complexity index is 268. The Morgan fingerprint density at radius 2 is 1.94 bits per heavy atom. The Labute approximate surface area is 101 Å². The van der Waals surface area contributed by atoms with E-state index in [1.165, 1.54) is 0 Å². The highest BCUT2D eigenvalue weighted by atomic mass is 16.2. The number of likely N-dealkylation sites (N-methyl/N-ethyl adjacent to an activating group) is 1. The van der Waals surface area contributed by atoms with E-state index in [4.69, 9.17) is 5.73 Å². The van der Waals surface area contributed by atoms with Crippen LogP contribution in [0.4, 0.5) is 0 Å². The van der Waals surface area contributed by atoms with Gasteiger partial charge in [-0.25, -0.2) is 0 Å². The monoisotopic (exact) mass is 244 g/mol. The number of hydrogen-bond acceptors (Lipinski definition) is 5. The van der Waals surface area contributed by atoms with Crippen LogP contribution in [0.1, 0.15) is 6.42 Å². The largest absolute Gasteiger partial charge is 0.347 e. The molecule has 0 heterocycles. The van der Waals surface area contributed by atoms with Crippen molar-refractivity contribution < 1.29 is 14.4 Å². The van der Waals surface area contributed by atoms with Crippen molar-refractivity contribution in [2.24, 2.45) is 5.73 Å². The number of carbonyl (C=O) groups is 3. The van der Waals surface area contributed by atoms with Crippen molar-refractivity contribution in [2.75, 3.05) is 40.3 Å². The van der Waals surface area contributed by atoms with Crippen LogP contribution in [0.25, 0.3) is 0 Å². The highest BCUT2D eigenvalue weighted by molar-refractivity contribution is 6.36. The van der Waals surface area contributed by atoms with E-state index in [1.807, 2.05) is 19.0 Å². The molecule has 0 aliphatic heterocycles. The molecule has 0 fully saturated rings. The van der Waals surface area contributed by atoms with Gasteiger partial charge in [0.25, 0.3) is 0 Å². The number of nitrogens with one attached hydrogen (secondary N) is 1. The third-order valence-electron chi connectivity index (χ3n) is 2.03. The zero-order valence-electron chi connectivity index (χ0n) is 10.3. The van der Waals surface area contributed by atoms with Crippen LogP contribution in [0.5, 0.6) is 0 Å². The molecule has 0 radical (unpaired) electrons. The van der Waals surface area contributed by atoms with Gasteiger partial charge in [0.05, 0.1) is 0 Å². The summed E-state index contributed by atoms with van der Waals surface area (Å²) < 4.78 is 0. The number of amides is 3. The third-order valence-corrected chi connectivity index (χ3v) is 2.03. The zero-order chi connectivity index (χ0) is 13.3. The third kappa shape index (κ3) is 6.64. The molecule has 7 heteroatoms. The predicted molar refractivity (Wildman–Crippen MR) is 63.0 cm³/mol. The summed E-state index contributed by atoms with van der Waals surface area (Å²) in [6.45, 7) is 1.52. The second kappa shape index (κ2) is 8.66. The van der Waals surface area contributed by atoms with Gasteiger partial charge in [0.2, 0.25) is 6.41 Å². The Kier molecular flexibility index (Phi) is 7.91. The lowest BCUT2D eigenvalue weighted by atomic mass is 10.3. The van der Waals surface area contributed by atoms with Gasteiger partial charge in [-0.2, -0.15) is 0 Å². The normalized spacial score (nSPS) is 10.1. The molecule has 3 N–H and O–H groups in total. The van der Waals surface area contributed by atoms with Gasteiger partial charge in [0, 0.05) is 19.6 Å². The number of nitrogens with zero attached hydrogens (tertiary/aromatic N) is 2. The molecule has 7 nitrogen and oxygen atoms in total. The molecule has 0 rings (SSSR count). The van der Waals surface area contributed by atoms with Gasteiger partial charge >= 0.3 is 11.8 Å². The molecule has 0 unspecified atom stereocenters. The van der Waals surface area contributed by atoms with Crippen LogP contribution in [0.15, 0.2) is 0 Å². The molecule has 0 bridgehead atoms. The summed E-state index contributed by atoms with van der Waals surface area (Å²) in [6.07, 6.45) is 0.832. The maximum Gasteiger partial charge on any atom is 0.318 e. The van der Waals surface area contributed by atoms with Gasteiger partial charge in [-0.3, -0.25) is 19.3 Å². The van der Waals surface area contributed by atoms with Gasteiger partial charge < -0.3 is 16.0 Å². The van der Waals surface area contributed by atoms with Gasteiger partial charge in [-0.05, 0) is 27.1 Å². The molecule has 0 aromatic heterocycles. The second-order valence-electron chi connectivity index (χ2n) is 3.81. The van der Waals surface area contributed by atoms with Crippen LogP contribution in [0, 0.1) is 0 Å². The first-order valence-corrected chi connectivity index (χ1v) is 5.41. The number of rotatable bonds is 7. The zero-order valence-corrected chi connectivity index (χ0v) is 10.3. The smallest absolute Gasteiger partial charge is 0.318 e. The van der Waals surface area contributed by atoms with Gasteiger partial charge in [-0.15, -0.1) is 0 Å². The van der Waals surface area contributed by atoms with E-state index in [2.05, 4.69) is 5.32 Å². The van der Waals surface area contributed by atoms with Crippen molar-refractivity contribution >= 4 is 18.2 Å². The van der Waals surface area contributed by atoms with Crippen LogP contribution in [-0.4, -0.2) is 68.3 Å². The van der Waals surface area contributed by atoms with Crippen LogP contribution in [-0.2, 0) is 14.4 Å². The van der Waals surface area contributed by atoms with Crippen molar-refractivity contribution in [2.45, 2.75) is 6.42 Å². The van der Waals surface area contributed by atoms with Crippen LogP contribution >= 0.6 is 0 Å². The summed E-state index contributed by atoms with van der Waals surface area (Å²) in [5, 5.41) is 2.44. The molecule has 3 amide bonds. The van der Waals surface area contributed by atoms with Crippen molar-refractivity contribution in [3.63, 3.8) is 0 Å². The Hall–Kier alpha value is -1.47. The molecular weight excluding hydrogens is 224 g/mol.